The van der Waals surface area contributed by atoms with Crippen molar-refractivity contribution in [3.8, 4) is 0 Å². The first-order valence-corrected chi connectivity index (χ1v) is 10.8. The highest BCUT2D eigenvalue weighted by Crippen LogP contribution is 2.40. The van der Waals surface area contributed by atoms with E-state index < -0.39 is 11.7 Å². The van der Waals surface area contributed by atoms with Crippen molar-refractivity contribution in [2.45, 2.75) is 66.9 Å². The monoisotopic (exact) mass is 402 g/mol. The van der Waals surface area contributed by atoms with Gasteiger partial charge in [0.2, 0.25) is 0 Å². The van der Waals surface area contributed by atoms with Crippen LogP contribution in [0.25, 0.3) is 20.4 Å². The zero-order valence-electron chi connectivity index (χ0n) is 17.8. The second-order valence-corrected chi connectivity index (χ2v) is 9.10. The number of hydrogen-bond donors (Lipinski definition) is 1. The van der Waals surface area contributed by atoms with Crippen LogP contribution in [0.1, 0.15) is 58.7 Å². The second-order valence-electron chi connectivity index (χ2n) is 8.11. The summed E-state index contributed by atoms with van der Waals surface area (Å²) in [6, 6.07) is 2.04. The molecule has 3 heterocycles. The molecule has 0 aromatic carbocycles. The minimum absolute atomic E-state index is 0.457. The van der Waals surface area contributed by atoms with Crippen LogP contribution in [0.15, 0.2) is 6.07 Å². The molecule has 3 aromatic rings. The number of hydrogen-bond acceptors (Lipinski definition) is 6. The van der Waals surface area contributed by atoms with Gasteiger partial charge < -0.3 is 10.1 Å². The Morgan fingerprint density at radius 1 is 1.32 bits per heavy atom. The van der Waals surface area contributed by atoms with Gasteiger partial charge in [0.1, 0.15) is 20.6 Å². The molecule has 1 N–H and O–H groups in total. The van der Waals surface area contributed by atoms with Gasteiger partial charge in [0.25, 0.3) is 0 Å². The molecule has 1 aliphatic rings. The summed E-state index contributed by atoms with van der Waals surface area (Å²) in [5.41, 5.74) is 2.29. The number of carbonyl (C=O) groups excluding carboxylic acids is 1. The van der Waals surface area contributed by atoms with Gasteiger partial charge in [-0.3, -0.25) is 0 Å². The average Bonchev–Trinajstić information content (AvgIpc) is 3.25. The Hall–Kier alpha value is -2.15. The van der Waals surface area contributed by atoms with Gasteiger partial charge in [0.15, 0.2) is 5.82 Å². The minimum atomic E-state index is -0.577. The summed E-state index contributed by atoms with van der Waals surface area (Å²) >= 11 is 1.58. The Balaban J connectivity index is 0.00000109. The smallest absolute Gasteiger partial charge is 0.435 e. The van der Waals surface area contributed by atoms with E-state index in [4.69, 9.17) is 4.74 Å². The number of anilines is 1. The third-order valence-corrected chi connectivity index (χ3v) is 5.49. The molecule has 4 rings (SSSR count). The van der Waals surface area contributed by atoms with Crippen molar-refractivity contribution < 1.29 is 9.53 Å². The molecule has 0 bridgehead atoms. The highest BCUT2D eigenvalue weighted by molar-refractivity contribution is 7.26. The van der Waals surface area contributed by atoms with Gasteiger partial charge in [-0.05, 0) is 65.0 Å². The van der Waals surface area contributed by atoms with E-state index >= 15 is 0 Å². The molecule has 0 atom stereocenters. The fourth-order valence-electron chi connectivity index (χ4n) is 3.10. The third-order valence-electron chi connectivity index (χ3n) is 4.41. The van der Waals surface area contributed by atoms with Crippen LogP contribution in [0.5, 0.6) is 0 Å². The van der Waals surface area contributed by atoms with Gasteiger partial charge >= 0.3 is 6.09 Å². The molecular formula is C21H30N4O2S. The molecule has 1 aliphatic carbocycles. The van der Waals surface area contributed by atoms with E-state index in [1.165, 1.54) is 17.5 Å². The lowest BCUT2D eigenvalue weighted by Crippen LogP contribution is -2.27. The van der Waals surface area contributed by atoms with Crippen LogP contribution in [0, 0.1) is 19.8 Å². The fourth-order valence-corrected chi connectivity index (χ4v) is 4.33. The van der Waals surface area contributed by atoms with Crippen LogP contribution in [0.2, 0.25) is 0 Å². The van der Waals surface area contributed by atoms with E-state index in [9.17, 15) is 4.79 Å². The molecule has 0 spiro atoms. The first-order chi connectivity index (χ1) is 13.2. The highest BCUT2D eigenvalue weighted by atomic mass is 32.1. The summed E-state index contributed by atoms with van der Waals surface area (Å²) in [5, 5.41) is 8.97. The van der Waals surface area contributed by atoms with Crippen LogP contribution in [-0.2, 0) is 4.74 Å². The lowest BCUT2D eigenvalue weighted by molar-refractivity contribution is 0.0523. The molecule has 0 radical (unpaired) electrons. The lowest BCUT2D eigenvalue weighted by atomic mass is 10.1. The van der Waals surface area contributed by atoms with E-state index in [0.29, 0.717) is 5.92 Å². The van der Waals surface area contributed by atoms with Gasteiger partial charge in [0.05, 0.1) is 0 Å². The molecule has 7 heteroatoms. The Kier molecular flexibility index (Phi) is 5.66. The maximum Gasteiger partial charge on any atom is 0.435 e. The number of aromatic nitrogens is 3. The summed E-state index contributed by atoms with van der Waals surface area (Å²) in [6.45, 7) is 14.5. The molecule has 28 heavy (non-hydrogen) atoms. The summed E-state index contributed by atoms with van der Waals surface area (Å²) in [7, 11) is 0. The molecule has 1 fully saturated rings. The third kappa shape index (κ3) is 4.14. The Morgan fingerprint density at radius 3 is 2.61 bits per heavy atom. The standard InChI is InChI=1S/C19H24N4O2S.C2H6/c1-10-8-11(2)21-17-13(10)14-15(26-17)16(20-9-12-6-7-12)22-23(14)18(24)25-19(3,4)5;1-2/h8,12H,6-7,9H2,1-5H3,(H,20,22);1-2H3. The lowest BCUT2D eigenvalue weighted by Gasteiger charge is -2.19. The minimum Gasteiger partial charge on any atom is -0.442 e. The summed E-state index contributed by atoms with van der Waals surface area (Å²) < 4.78 is 7.95. The van der Waals surface area contributed by atoms with Crippen LogP contribution in [0.3, 0.4) is 0 Å². The zero-order valence-corrected chi connectivity index (χ0v) is 18.7. The Morgan fingerprint density at radius 2 is 2.00 bits per heavy atom. The van der Waals surface area contributed by atoms with E-state index in [1.54, 1.807) is 11.3 Å². The van der Waals surface area contributed by atoms with E-state index in [-0.39, 0.29) is 0 Å². The number of rotatable bonds is 3. The molecule has 152 valence electrons. The number of nitrogens with zero attached hydrogens (tertiary/aromatic N) is 3. The number of pyridine rings is 1. The SMILES string of the molecule is CC.Cc1cc(C)c2c(n1)sc1c(NCC3CC3)nn(C(=O)OC(C)(C)C)c12. The van der Waals surface area contributed by atoms with Crippen molar-refractivity contribution in [2.75, 3.05) is 11.9 Å². The first-order valence-electron chi connectivity index (χ1n) is 9.99. The van der Waals surface area contributed by atoms with Gasteiger partial charge in [-0.25, -0.2) is 9.78 Å². The van der Waals surface area contributed by atoms with Crippen LogP contribution >= 0.6 is 11.3 Å². The van der Waals surface area contributed by atoms with Crippen molar-refractivity contribution in [2.24, 2.45) is 5.92 Å². The quantitative estimate of drug-likeness (QED) is 0.591. The molecule has 0 aliphatic heterocycles. The number of fused-ring (bicyclic) bond motifs is 3. The molecule has 0 unspecified atom stereocenters. The van der Waals surface area contributed by atoms with Crippen LogP contribution in [-0.4, -0.2) is 33.0 Å². The maximum atomic E-state index is 12.8. The topological polar surface area (TPSA) is 69.0 Å². The summed E-state index contributed by atoms with van der Waals surface area (Å²) in [6.07, 6.45) is 2.06. The van der Waals surface area contributed by atoms with E-state index in [0.717, 1.165) is 44.1 Å². The van der Waals surface area contributed by atoms with E-state index in [1.807, 2.05) is 54.5 Å². The molecule has 1 saturated carbocycles. The normalized spacial score (nSPS) is 14.1. The summed E-state index contributed by atoms with van der Waals surface area (Å²) in [4.78, 5) is 18.4. The van der Waals surface area contributed by atoms with Gasteiger partial charge in [-0.1, -0.05) is 13.8 Å². The van der Waals surface area contributed by atoms with Crippen molar-refractivity contribution in [3.63, 3.8) is 0 Å². The number of nitrogens with one attached hydrogen (secondary N) is 1. The number of thiophene rings is 1. The zero-order chi connectivity index (χ0) is 20.6. The van der Waals surface area contributed by atoms with Gasteiger partial charge in [0, 0.05) is 17.6 Å². The van der Waals surface area contributed by atoms with Crippen molar-refractivity contribution >= 4 is 43.7 Å². The largest absolute Gasteiger partial charge is 0.442 e. The molecule has 3 aromatic heterocycles. The summed E-state index contributed by atoms with van der Waals surface area (Å²) in [5.74, 6) is 1.46. The number of carbonyl (C=O) groups is 1. The molecule has 0 saturated heterocycles. The van der Waals surface area contributed by atoms with Crippen LogP contribution < -0.4 is 5.32 Å². The Labute approximate surface area is 170 Å². The number of aryl methyl sites for hydroxylation is 2. The fraction of sp³-hybridized carbons (Fsp3) is 0.571. The average molecular weight is 403 g/mol. The van der Waals surface area contributed by atoms with Crippen molar-refractivity contribution in [1.29, 1.82) is 0 Å². The number of ether oxygens (including phenoxy) is 1. The maximum absolute atomic E-state index is 12.8. The molecular weight excluding hydrogens is 372 g/mol. The predicted molar refractivity (Wildman–Crippen MR) is 117 cm³/mol. The highest BCUT2D eigenvalue weighted by Gasteiger charge is 2.27. The van der Waals surface area contributed by atoms with Gasteiger partial charge in [-0.2, -0.15) is 4.68 Å². The predicted octanol–water partition coefficient (Wildman–Crippen LogP) is 5.89. The second kappa shape index (κ2) is 7.70. The van der Waals surface area contributed by atoms with Crippen LogP contribution in [0.4, 0.5) is 10.6 Å². The van der Waals surface area contributed by atoms with Crippen molar-refractivity contribution in [3.05, 3.63) is 17.3 Å². The first kappa shape index (κ1) is 20.6. The van der Waals surface area contributed by atoms with Gasteiger partial charge in [-0.15, -0.1) is 16.4 Å². The molecule has 6 nitrogen and oxygen atoms in total. The molecule has 0 amide bonds. The van der Waals surface area contributed by atoms with Crippen molar-refractivity contribution in [1.82, 2.24) is 14.8 Å². The van der Waals surface area contributed by atoms with E-state index in [2.05, 4.69) is 15.4 Å². The Bertz CT molecular complexity index is 1010.